The van der Waals surface area contributed by atoms with Gasteiger partial charge in [-0.3, -0.25) is 4.79 Å². The Kier molecular flexibility index (Phi) is 13.4. The molecule has 29 heavy (non-hydrogen) atoms. The molecule has 0 aliphatic carbocycles. The van der Waals surface area contributed by atoms with Crippen molar-refractivity contribution in [1.82, 2.24) is 4.98 Å². The average molecular weight is 406 g/mol. The first-order valence-corrected chi connectivity index (χ1v) is 11.9. The maximum Gasteiger partial charge on any atom is 0.355 e. The van der Waals surface area contributed by atoms with Crippen molar-refractivity contribution in [3.8, 4) is 0 Å². The third-order valence-electron chi connectivity index (χ3n) is 5.77. The van der Waals surface area contributed by atoms with E-state index in [2.05, 4.69) is 11.9 Å². The SMILES string of the molecule is CCCCCCCCCCCCCCCC(=O)c1c(C(=O)OCC)[nH]c(C)c1C. The maximum atomic E-state index is 12.7. The van der Waals surface area contributed by atoms with Crippen LogP contribution in [0.15, 0.2) is 0 Å². The molecule has 1 N–H and O–H groups in total. The number of hydrogen-bond donors (Lipinski definition) is 1. The summed E-state index contributed by atoms with van der Waals surface area (Å²) >= 11 is 0. The third kappa shape index (κ3) is 9.64. The molecule has 4 heteroatoms. The predicted octanol–water partition coefficient (Wildman–Crippen LogP) is 7.47. The molecule has 0 unspecified atom stereocenters. The lowest BCUT2D eigenvalue weighted by Gasteiger charge is -2.06. The number of ether oxygens (including phenoxy) is 1. The zero-order valence-corrected chi connectivity index (χ0v) is 19.3. The summed E-state index contributed by atoms with van der Waals surface area (Å²) in [5.41, 5.74) is 2.58. The van der Waals surface area contributed by atoms with E-state index >= 15 is 0 Å². The van der Waals surface area contributed by atoms with Crippen LogP contribution >= 0.6 is 0 Å². The molecule has 0 saturated heterocycles. The smallest absolute Gasteiger partial charge is 0.355 e. The van der Waals surface area contributed by atoms with Crippen LogP contribution in [0, 0.1) is 13.8 Å². The summed E-state index contributed by atoms with van der Waals surface area (Å²) in [6.45, 7) is 8.13. The second kappa shape index (κ2) is 15.3. The Bertz CT molecular complexity index is 603. The minimum Gasteiger partial charge on any atom is -0.461 e. The van der Waals surface area contributed by atoms with Crippen molar-refractivity contribution >= 4 is 11.8 Å². The fraction of sp³-hybridized carbons (Fsp3) is 0.760. The van der Waals surface area contributed by atoms with E-state index < -0.39 is 5.97 Å². The lowest BCUT2D eigenvalue weighted by molar-refractivity contribution is 0.0516. The van der Waals surface area contributed by atoms with E-state index in [1.165, 1.54) is 70.6 Å². The van der Waals surface area contributed by atoms with Crippen molar-refractivity contribution in [2.75, 3.05) is 6.61 Å². The van der Waals surface area contributed by atoms with E-state index in [0.717, 1.165) is 24.1 Å². The molecule has 0 aliphatic rings. The number of ketones is 1. The van der Waals surface area contributed by atoms with Crippen LogP contribution in [0.1, 0.15) is 136 Å². The van der Waals surface area contributed by atoms with Crippen LogP contribution in [-0.4, -0.2) is 23.3 Å². The number of aryl methyl sites for hydroxylation is 1. The molecule has 1 heterocycles. The Morgan fingerprint density at radius 1 is 0.759 bits per heavy atom. The zero-order chi connectivity index (χ0) is 21.5. The molecule has 1 aromatic heterocycles. The molecule has 0 aliphatic heterocycles. The number of unbranched alkanes of at least 4 members (excludes halogenated alkanes) is 12. The standard InChI is InChI=1S/C25H43NO3/c1-5-7-8-9-10-11-12-13-14-15-16-17-18-19-22(27)23-20(3)21(4)26-24(23)25(28)29-6-2/h26H,5-19H2,1-4H3. The number of H-pyrrole nitrogens is 1. The first-order chi connectivity index (χ1) is 14.0. The Hall–Kier alpha value is -1.58. The molecular weight excluding hydrogens is 362 g/mol. The summed E-state index contributed by atoms with van der Waals surface area (Å²) in [4.78, 5) is 27.8. The highest BCUT2D eigenvalue weighted by molar-refractivity contribution is 6.06. The van der Waals surface area contributed by atoms with Crippen molar-refractivity contribution in [1.29, 1.82) is 0 Å². The minimum atomic E-state index is -0.433. The van der Waals surface area contributed by atoms with Gasteiger partial charge in [0.05, 0.1) is 12.2 Å². The minimum absolute atomic E-state index is 0.0537. The van der Waals surface area contributed by atoms with Crippen molar-refractivity contribution in [3.05, 3.63) is 22.5 Å². The van der Waals surface area contributed by atoms with E-state index in [1.54, 1.807) is 6.92 Å². The van der Waals surface area contributed by atoms with E-state index in [9.17, 15) is 9.59 Å². The number of esters is 1. The predicted molar refractivity (Wildman–Crippen MR) is 121 cm³/mol. The summed E-state index contributed by atoms with van der Waals surface area (Å²) in [5, 5.41) is 0. The fourth-order valence-electron chi connectivity index (χ4n) is 3.85. The van der Waals surface area contributed by atoms with Gasteiger partial charge in [-0.1, -0.05) is 84.0 Å². The Labute approximate surface area is 178 Å². The molecule has 1 aromatic rings. The lowest BCUT2D eigenvalue weighted by Crippen LogP contribution is -2.12. The van der Waals surface area contributed by atoms with E-state index in [4.69, 9.17) is 4.74 Å². The Morgan fingerprint density at radius 2 is 1.24 bits per heavy atom. The van der Waals surface area contributed by atoms with Crippen molar-refractivity contribution in [2.45, 2.75) is 118 Å². The first-order valence-electron chi connectivity index (χ1n) is 11.9. The molecule has 0 bridgehead atoms. The van der Waals surface area contributed by atoms with Gasteiger partial charge in [0.15, 0.2) is 5.78 Å². The number of aromatic amines is 1. The number of Topliss-reactive ketones (excluding diaryl/α,β-unsaturated/α-hetero) is 1. The molecule has 0 saturated carbocycles. The van der Waals surface area contributed by atoms with Crippen molar-refractivity contribution < 1.29 is 14.3 Å². The van der Waals surface area contributed by atoms with E-state index in [0.29, 0.717) is 24.3 Å². The van der Waals surface area contributed by atoms with Crippen LogP contribution in [0.5, 0.6) is 0 Å². The molecule has 0 fully saturated rings. The number of nitrogens with one attached hydrogen (secondary N) is 1. The lowest BCUT2D eigenvalue weighted by atomic mass is 9.99. The molecule has 166 valence electrons. The quantitative estimate of drug-likeness (QED) is 0.166. The van der Waals surface area contributed by atoms with Crippen LogP contribution in [-0.2, 0) is 4.74 Å². The molecule has 0 radical (unpaired) electrons. The van der Waals surface area contributed by atoms with Crippen molar-refractivity contribution in [2.24, 2.45) is 0 Å². The van der Waals surface area contributed by atoms with E-state index in [1.807, 2.05) is 13.8 Å². The van der Waals surface area contributed by atoms with Crippen LogP contribution < -0.4 is 0 Å². The Balaban J connectivity index is 2.18. The number of aromatic nitrogens is 1. The average Bonchev–Trinajstić information content (AvgIpc) is 3.00. The first kappa shape index (κ1) is 25.5. The van der Waals surface area contributed by atoms with Crippen molar-refractivity contribution in [3.63, 3.8) is 0 Å². The van der Waals surface area contributed by atoms with Gasteiger partial charge in [-0.05, 0) is 32.8 Å². The van der Waals surface area contributed by atoms with Gasteiger partial charge in [-0.2, -0.15) is 0 Å². The number of rotatable bonds is 17. The highest BCUT2D eigenvalue weighted by atomic mass is 16.5. The van der Waals surface area contributed by atoms with Gasteiger partial charge < -0.3 is 9.72 Å². The molecule has 0 aromatic carbocycles. The monoisotopic (exact) mass is 405 g/mol. The number of carbonyl (C=O) groups is 2. The van der Waals surface area contributed by atoms with Gasteiger partial charge in [-0.25, -0.2) is 4.79 Å². The molecule has 0 amide bonds. The summed E-state index contributed by atoms with van der Waals surface area (Å²) in [5.74, 6) is -0.379. The van der Waals surface area contributed by atoms with Crippen LogP contribution in [0.25, 0.3) is 0 Å². The van der Waals surface area contributed by atoms with Gasteiger partial charge in [0.1, 0.15) is 5.69 Å². The summed E-state index contributed by atoms with van der Waals surface area (Å²) < 4.78 is 5.09. The molecule has 1 rings (SSSR count). The molecular formula is C25H43NO3. The van der Waals surface area contributed by atoms with Gasteiger partial charge >= 0.3 is 5.97 Å². The molecule has 0 atom stereocenters. The highest BCUT2D eigenvalue weighted by Crippen LogP contribution is 2.22. The third-order valence-corrected chi connectivity index (χ3v) is 5.77. The summed E-state index contributed by atoms with van der Waals surface area (Å²) in [6, 6.07) is 0. The summed E-state index contributed by atoms with van der Waals surface area (Å²) in [6.07, 6.45) is 17.3. The fourth-order valence-corrected chi connectivity index (χ4v) is 3.85. The van der Waals surface area contributed by atoms with Gasteiger partial charge in [0, 0.05) is 12.1 Å². The normalized spacial score (nSPS) is 11.0. The zero-order valence-electron chi connectivity index (χ0n) is 19.3. The number of carbonyl (C=O) groups excluding carboxylic acids is 2. The van der Waals surface area contributed by atoms with Gasteiger partial charge in [0.2, 0.25) is 0 Å². The highest BCUT2D eigenvalue weighted by Gasteiger charge is 2.23. The van der Waals surface area contributed by atoms with Gasteiger partial charge in [-0.15, -0.1) is 0 Å². The largest absolute Gasteiger partial charge is 0.461 e. The second-order valence-corrected chi connectivity index (χ2v) is 8.26. The Morgan fingerprint density at radius 3 is 1.72 bits per heavy atom. The van der Waals surface area contributed by atoms with Crippen LogP contribution in [0.3, 0.4) is 0 Å². The summed E-state index contributed by atoms with van der Waals surface area (Å²) in [7, 11) is 0. The van der Waals surface area contributed by atoms with Gasteiger partial charge in [0.25, 0.3) is 0 Å². The van der Waals surface area contributed by atoms with Crippen LogP contribution in [0.4, 0.5) is 0 Å². The topological polar surface area (TPSA) is 59.2 Å². The van der Waals surface area contributed by atoms with Crippen LogP contribution in [0.2, 0.25) is 0 Å². The second-order valence-electron chi connectivity index (χ2n) is 8.26. The molecule has 4 nitrogen and oxygen atoms in total. The number of hydrogen-bond acceptors (Lipinski definition) is 3. The van der Waals surface area contributed by atoms with E-state index in [-0.39, 0.29) is 5.78 Å². The maximum absolute atomic E-state index is 12.7. The molecule has 0 spiro atoms.